The monoisotopic (exact) mass is 414 g/mol. The number of aliphatic hydroxyl groups is 1. The van der Waals surface area contributed by atoms with Gasteiger partial charge in [-0.15, -0.1) is 0 Å². The van der Waals surface area contributed by atoms with E-state index in [1.807, 2.05) is 62.9 Å². The van der Waals surface area contributed by atoms with Crippen molar-refractivity contribution in [2.75, 3.05) is 6.54 Å². The summed E-state index contributed by atoms with van der Waals surface area (Å²) in [5.41, 5.74) is 1.08. The van der Waals surface area contributed by atoms with Crippen LogP contribution in [0.3, 0.4) is 0 Å². The third-order valence-corrected chi connectivity index (χ3v) is 5.69. The summed E-state index contributed by atoms with van der Waals surface area (Å²) >= 11 is 0. The highest BCUT2D eigenvalue weighted by Gasteiger charge is 2.34. The molecule has 1 amide bonds. The third-order valence-electron chi connectivity index (χ3n) is 5.69. The molecular weight excluding hydrogens is 380 g/mol. The topological polar surface area (TPSA) is 75.8 Å². The van der Waals surface area contributed by atoms with Gasteiger partial charge in [-0.05, 0) is 40.0 Å². The van der Waals surface area contributed by atoms with Crippen molar-refractivity contribution in [2.45, 2.75) is 77.5 Å². The van der Waals surface area contributed by atoms with Crippen molar-refractivity contribution in [1.82, 2.24) is 10.1 Å². The van der Waals surface area contributed by atoms with E-state index in [4.69, 9.17) is 9.26 Å². The largest absolute Gasteiger partial charge is 0.444 e. The van der Waals surface area contributed by atoms with Crippen molar-refractivity contribution in [1.29, 1.82) is 0 Å². The van der Waals surface area contributed by atoms with Crippen LogP contribution in [0, 0.1) is 5.92 Å². The number of carbonyl (C=O) groups excluding carboxylic acids is 1. The van der Waals surface area contributed by atoms with Gasteiger partial charge in [-0.2, -0.15) is 0 Å². The molecule has 6 nitrogen and oxygen atoms in total. The maximum absolute atomic E-state index is 12.9. The van der Waals surface area contributed by atoms with Crippen LogP contribution in [-0.2, 0) is 4.74 Å². The molecule has 2 unspecified atom stereocenters. The number of aliphatic hydroxyl groups excluding tert-OH is 1. The van der Waals surface area contributed by atoms with Gasteiger partial charge >= 0.3 is 6.09 Å². The lowest BCUT2D eigenvalue weighted by molar-refractivity contribution is -0.0000754. The second-order valence-electron chi connectivity index (χ2n) is 9.16. The molecule has 1 aromatic heterocycles. The van der Waals surface area contributed by atoms with Gasteiger partial charge in [-0.25, -0.2) is 4.79 Å². The Balaban J connectivity index is 1.75. The van der Waals surface area contributed by atoms with Crippen LogP contribution in [0.4, 0.5) is 4.79 Å². The minimum Gasteiger partial charge on any atom is -0.444 e. The molecule has 0 bridgehead atoms. The van der Waals surface area contributed by atoms with Crippen LogP contribution < -0.4 is 0 Å². The summed E-state index contributed by atoms with van der Waals surface area (Å²) in [4.78, 5) is 14.8. The molecule has 1 N–H and O–H groups in total. The Morgan fingerprint density at radius 3 is 2.53 bits per heavy atom. The molecule has 164 valence electrons. The number of hydrogen-bond donors (Lipinski definition) is 1. The molecule has 0 radical (unpaired) electrons. The van der Waals surface area contributed by atoms with Crippen molar-refractivity contribution < 1.29 is 19.2 Å². The Morgan fingerprint density at radius 1 is 1.27 bits per heavy atom. The first-order valence-electron chi connectivity index (χ1n) is 11.0. The smallest absolute Gasteiger partial charge is 0.410 e. The standard InChI is InChI=1S/C24H34N2O4/c1-5-17(16-26(19-13-9-10-14-19)23(28)29-24(2,3)4)22(27)21-15-20(25-30-21)18-11-7-6-8-12-18/h6-8,11-12,15,17,19,22,27H,5,9-10,13-14,16H2,1-4H3. The number of rotatable bonds is 7. The molecular formula is C24H34N2O4. The van der Waals surface area contributed by atoms with E-state index >= 15 is 0 Å². The van der Waals surface area contributed by atoms with E-state index in [2.05, 4.69) is 5.16 Å². The summed E-state index contributed by atoms with van der Waals surface area (Å²) in [5.74, 6) is 0.256. The third kappa shape index (κ3) is 5.63. The highest BCUT2D eigenvalue weighted by Crippen LogP contribution is 2.32. The maximum Gasteiger partial charge on any atom is 0.410 e. The summed E-state index contributed by atoms with van der Waals surface area (Å²) in [6.45, 7) is 8.08. The van der Waals surface area contributed by atoms with E-state index in [0.717, 1.165) is 31.2 Å². The van der Waals surface area contributed by atoms with Crippen LogP contribution in [0.15, 0.2) is 40.9 Å². The fourth-order valence-electron chi connectivity index (χ4n) is 4.02. The molecule has 1 aliphatic rings. The van der Waals surface area contributed by atoms with Gasteiger partial charge in [-0.3, -0.25) is 0 Å². The number of carbonyl (C=O) groups is 1. The number of ether oxygens (including phenoxy) is 1. The zero-order valence-corrected chi connectivity index (χ0v) is 18.5. The minimum absolute atomic E-state index is 0.163. The molecule has 1 heterocycles. The first-order chi connectivity index (χ1) is 14.3. The molecule has 6 heteroatoms. The van der Waals surface area contributed by atoms with E-state index in [-0.39, 0.29) is 18.1 Å². The predicted molar refractivity (Wildman–Crippen MR) is 116 cm³/mol. The first-order valence-corrected chi connectivity index (χ1v) is 11.0. The zero-order valence-electron chi connectivity index (χ0n) is 18.5. The number of amides is 1. The molecule has 1 aromatic carbocycles. The van der Waals surface area contributed by atoms with Crippen LogP contribution in [0.1, 0.15) is 71.7 Å². The van der Waals surface area contributed by atoms with Crippen molar-refractivity contribution in [3.63, 3.8) is 0 Å². The molecule has 0 spiro atoms. The van der Waals surface area contributed by atoms with Gasteiger partial charge in [0.1, 0.15) is 17.4 Å². The van der Waals surface area contributed by atoms with E-state index in [0.29, 0.717) is 24.4 Å². The Labute approximate surface area is 179 Å². The van der Waals surface area contributed by atoms with Crippen molar-refractivity contribution in [3.8, 4) is 11.3 Å². The molecule has 3 rings (SSSR count). The average Bonchev–Trinajstić information content (AvgIpc) is 3.40. The Morgan fingerprint density at radius 2 is 1.93 bits per heavy atom. The lowest BCUT2D eigenvalue weighted by Crippen LogP contribution is -2.45. The van der Waals surface area contributed by atoms with Crippen molar-refractivity contribution >= 4 is 6.09 Å². The summed E-state index contributed by atoms with van der Waals surface area (Å²) in [5, 5.41) is 15.2. The van der Waals surface area contributed by atoms with Gasteiger partial charge in [0, 0.05) is 30.1 Å². The summed E-state index contributed by atoms with van der Waals surface area (Å²) < 4.78 is 11.2. The van der Waals surface area contributed by atoms with Crippen molar-refractivity contribution in [2.24, 2.45) is 5.92 Å². The minimum atomic E-state index is -0.841. The van der Waals surface area contributed by atoms with Crippen molar-refractivity contribution in [3.05, 3.63) is 42.2 Å². The van der Waals surface area contributed by atoms with Crippen LogP contribution in [0.2, 0.25) is 0 Å². The molecule has 0 saturated heterocycles. The van der Waals surface area contributed by atoms with Crippen LogP contribution >= 0.6 is 0 Å². The van der Waals surface area contributed by atoms with Crippen LogP contribution in [-0.4, -0.2) is 39.4 Å². The second-order valence-corrected chi connectivity index (χ2v) is 9.16. The molecule has 0 aliphatic heterocycles. The number of hydrogen-bond acceptors (Lipinski definition) is 5. The molecule has 2 atom stereocenters. The quantitative estimate of drug-likeness (QED) is 0.640. The summed E-state index contributed by atoms with van der Waals surface area (Å²) in [6.07, 6.45) is 3.75. The van der Waals surface area contributed by atoms with Crippen LogP contribution in [0.25, 0.3) is 11.3 Å². The zero-order chi connectivity index (χ0) is 21.7. The Hall–Kier alpha value is -2.34. The number of benzene rings is 1. The Kier molecular flexibility index (Phi) is 7.19. The second kappa shape index (κ2) is 9.65. The average molecular weight is 415 g/mol. The highest BCUT2D eigenvalue weighted by molar-refractivity contribution is 5.68. The van der Waals surface area contributed by atoms with Gasteiger partial charge in [0.05, 0.1) is 0 Å². The molecule has 1 aliphatic carbocycles. The van der Waals surface area contributed by atoms with Gasteiger partial charge in [0.25, 0.3) is 0 Å². The predicted octanol–water partition coefficient (Wildman–Crippen LogP) is 5.58. The van der Waals surface area contributed by atoms with Gasteiger partial charge in [-0.1, -0.05) is 55.3 Å². The number of nitrogens with zero attached hydrogens (tertiary/aromatic N) is 2. The normalized spacial score (nSPS) is 17.0. The van der Waals surface area contributed by atoms with E-state index < -0.39 is 11.7 Å². The lowest BCUT2D eigenvalue weighted by Gasteiger charge is -2.34. The fraction of sp³-hybridized carbons (Fsp3) is 0.583. The molecule has 1 saturated carbocycles. The number of aromatic nitrogens is 1. The van der Waals surface area contributed by atoms with Gasteiger partial charge in [0.2, 0.25) is 0 Å². The highest BCUT2D eigenvalue weighted by atomic mass is 16.6. The van der Waals surface area contributed by atoms with E-state index in [1.54, 1.807) is 6.07 Å². The molecule has 1 fully saturated rings. The van der Waals surface area contributed by atoms with E-state index in [9.17, 15) is 9.90 Å². The summed E-state index contributed by atoms with van der Waals surface area (Å²) in [7, 11) is 0. The molecule has 30 heavy (non-hydrogen) atoms. The summed E-state index contributed by atoms with van der Waals surface area (Å²) in [6, 6.07) is 11.7. The van der Waals surface area contributed by atoms with E-state index in [1.165, 1.54) is 0 Å². The molecule has 2 aromatic rings. The maximum atomic E-state index is 12.9. The first kappa shape index (κ1) is 22.3. The van der Waals surface area contributed by atoms with Gasteiger partial charge < -0.3 is 19.3 Å². The van der Waals surface area contributed by atoms with Crippen LogP contribution in [0.5, 0.6) is 0 Å². The SMILES string of the molecule is CCC(CN(C(=O)OC(C)(C)C)C1CCCC1)C(O)c1cc(-c2ccccc2)no1. The van der Waals surface area contributed by atoms with Gasteiger partial charge in [0.15, 0.2) is 5.76 Å². The lowest BCUT2D eigenvalue weighted by atomic mass is 9.95. The Bertz CT molecular complexity index is 806. The fourth-order valence-corrected chi connectivity index (χ4v) is 4.02.